The summed E-state index contributed by atoms with van der Waals surface area (Å²) in [6, 6.07) is 0. The van der Waals surface area contributed by atoms with Crippen LogP contribution in [-0.4, -0.2) is 11.7 Å². The van der Waals surface area contributed by atoms with Gasteiger partial charge in [0.1, 0.15) is 0 Å². The Morgan fingerprint density at radius 1 is 1.26 bits per heavy atom. The second kappa shape index (κ2) is 6.24. The standard InChI is InChI=1S/C14H28FO3P/c1-10(2)12-8-7-11(3)9-13(12)17-19(15,16)18-14(4,5)6/h10-13H,7-9H2,1-6H3/t11-,12+,13-,19?/m1/s1. The highest BCUT2D eigenvalue weighted by Crippen LogP contribution is 2.56. The van der Waals surface area contributed by atoms with Gasteiger partial charge in [-0.15, -0.1) is 4.20 Å². The van der Waals surface area contributed by atoms with Crippen LogP contribution in [-0.2, 0) is 13.6 Å². The predicted molar refractivity (Wildman–Crippen MR) is 75.8 cm³/mol. The minimum atomic E-state index is -4.49. The molecule has 3 nitrogen and oxygen atoms in total. The van der Waals surface area contributed by atoms with Crippen LogP contribution in [0.5, 0.6) is 0 Å². The summed E-state index contributed by atoms with van der Waals surface area (Å²) in [5.41, 5.74) is -0.808. The minimum Gasteiger partial charge on any atom is -0.280 e. The van der Waals surface area contributed by atoms with Crippen molar-refractivity contribution in [1.82, 2.24) is 0 Å². The van der Waals surface area contributed by atoms with Crippen molar-refractivity contribution in [2.75, 3.05) is 0 Å². The molecule has 1 saturated carbocycles. The van der Waals surface area contributed by atoms with E-state index in [1.807, 2.05) is 0 Å². The first-order chi connectivity index (χ1) is 8.50. The van der Waals surface area contributed by atoms with Crippen molar-refractivity contribution >= 4 is 7.91 Å². The third-order valence-electron chi connectivity index (χ3n) is 3.61. The van der Waals surface area contributed by atoms with Crippen molar-refractivity contribution in [2.24, 2.45) is 17.8 Å². The lowest BCUT2D eigenvalue weighted by molar-refractivity contribution is 0.00145. The third kappa shape index (κ3) is 5.93. The third-order valence-corrected chi connectivity index (χ3v) is 4.89. The van der Waals surface area contributed by atoms with Crippen molar-refractivity contribution in [3.63, 3.8) is 0 Å². The number of halogens is 1. The van der Waals surface area contributed by atoms with E-state index in [0.29, 0.717) is 11.8 Å². The fraction of sp³-hybridized carbons (Fsp3) is 1.00. The number of hydrogen-bond donors (Lipinski definition) is 0. The lowest BCUT2D eigenvalue weighted by Gasteiger charge is -2.37. The lowest BCUT2D eigenvalue weighted by atomic mass is 9.75. The van der Waals surface area contributed by atoms with Crippen LogP contribution in [0.15, 0.2) is 0 Å². The Morgan fingerprint density at radius 3 is 2.32 bits per heavy atom. The normalized spacial score (nSPS) is 32.3. The van der Waals surface area contributed by atoms with E-state index < -0.39 is 13.5 Å². The fourth-order valence-electron chi connectivity index (χ4n) is 2.75. The van der Waals surface area contributed by atoms with Gasteiger partial charge in [-0.25, -0.2) is 4.57 Å². The summed E-state index contributed by atoms with van der Waals surface area (Å²) in [7, 11) is -4.49. The van der Waals surface area contributed by atoms with Crippen LogP contribution in [0.25, 0.3) is 0 Å². The van der Waals surface area contributed by atoms with Gasteiger partial charge in [0.15, 0.2) is 0 Å². The lowest BCUT2D eigenvalue weighted by Crippen LogP contribution is -2.34. The summed E-state index contributed by atoms with van der Waals surface area (Å²) in [5.74, 6) is 1.13. The molecular weight excluding hydrogens is 266 g/mol. The molecule has 1 aliphatic rings. The van der Waals surface area contributed by atoms with Crippen molar-refractivity contribution < 1.29 is 17.8 Å². The van der Waals surface area contributed by atoms with E-state index in [1.54, 1.807) is 20.8 Å². The van der Waals surface area contributed by atoms with Crippen molar-refractivity contribution in [3.8, 4) is 0 Å². The molecule has 4 atom stereocenters. The molecule has 0 radical (unpaired) electrons. The molecule has 0 aliphatic heterocycles. The molecule has 0 saturated heterocycles. The molecule has 1 aliphatic carbocycles. The Balaban J connectivity index is 2.73. The van der Waals surface area contributed by atoms with Crippen LogP contribution in [0.4, 0.5) is 4.20 Å². The van der Waals surface area contributed by atoms with Gasteiger partial charge in [0.2, 0.25) is 0 Å². The van der Waals surface area contributed by atoms with E-state index in [4.69, 9.17) is 9.05 Å². The van der Waals surface area contributed by atoms with Gasteiger partial charge in [-0.3, -0.25) is 9.05 Å². The molecular formula is C14H28FO3P. The van der Waals surface area contributed by atoms with E-state index in [9.17, 15) is 8.76 Å². The maximum Gasteiger partial charge on any atom is 0.513 e. The second-order valence-electron chi connectivity index (χ2n) is 7.10. The highest BCUT2D eigenvalue weighted by Gasteiger charge is 2.40. The first-order valence-electron chi connectivity index (χ1n) is 7.19. The monoisotopic (exact) mass is 294 g/mol. The van der Waals surface area contributed by atoms with Crippen LogP contribution in [0, 0.1) is 17.8 Å². The van der Waals surface area contributed by atoms with Gasteiger partial charge < -0.3 is 0 Å². The SMILES string of the molecule is CC(C)[C@@H]1CC[C@@H](C)C[C@H]1OP(=O)(F)OC(C)(C)C. The topological polar surface area (TPSA) is 35.5 Å². The zero-order valence-corrected chi connectivity index (χ0v) is 13.9. The van der Waals surface area contributed by atoms with Crippen LogP contribution >= 0.6 is 7.91 Å². The van der Waals surface area contributed by atoms with E-state index in [2.05, 4.69) is 20.8 Å². The molecule has 5 heteroatoms. The van der Waals surface area contributed by atoms with Crippen LogP contribution in [0.3, 0.4) is 0 Å². The van der Waals surface area contributed by atoms with E-state index in [0.717, 1.165) is 19.3 Å². The van der Waals surface area contributed by atoms with Gasteiger partial charge in [0.25, 0.3) is 0 Å². The van der Waals surface area contributed by atoms with Crippen LogP contribution in [0.2, 0.25) is 0 Å². The smallest absolute Gasteiger partial charge is 0.280 e. The van der Waals surface area contributed by atoms with Gasteiger partial charge >= 0.3 is 7.91 Å². The quantitative estimate of drug-likeness (QED) is 0.655. The minimum absolute atomic E-state index is 0.254. The van der Waals surface area contributed by atoms with Crippen molar-refractivity contribution in [3.05, 3.63) is 0 Å². The number of rotatable bonds is 4. The maximum absolute atomic E-state index is 14.0. The zero-order valence-electron chi connectivity index (χ0n) is 13.0. The average Bonchev–Trinajstić information content (AvgIpc) is 2.11. The largest absolute Gasteiger partial charge is 0.513 e. The van der Waals surface area contributed by atoms with Crippen LogP contribution < -0.4 is 0 Å². The Bertz CT molecular complexity index is 338. The molecule has 0 aromatic carbocycles. The van der Waals surface area contributed by atoms with E-state index in [-0.39, 0.29) is 12.0 Å². The summed E-state index contributed by atoms with van der Waals surface area (Å²) in [6.07, 6.45) is 2.57. The molecule has 0 aromatic rings. The highest BCUT2D eigenvalue weighted by molar-refractivity contribution is 7.48. The Morgan fingerprint density at radius 2 is 1.84 bits per heavy atom. The Labute approximate surface area is 116 Å². The molecule has 0 N–H and O–H groups in total. The second-order valence-corrected chi connectivity index (χ2v) is 8.36. The summed E-state index contributed by atoms with van der Waals surface area (Å²) in [4.78, 5) is 0. The van der Waals surface area contributed by atoms with E-state index in [1.165, 1.54) is 0 Å². The number of hydrogen-bond acceptors (Lipinski definition) is 3. The summed E-state index contributed by atoms with van der Waals surface area (Å²) in [5, 5.41) is 0. The highest BCUT2D eigenvalue weighted by atomic mass is 31.2. The molecule has 0 aromatic heterocycles. The first-order valence-corrected chi connectivity index (χ1v) is 8.62. The summed E-state index contributed by atoms with van der Waals surface area (Å²) < 4.78 is 36.1. The molecule has 1 fully saturated rings. The van der Waals surface area contributed by atoms with Gasteiger partial charge in [0, 0.05) is 0 Å². The molecule has 0 heterocycles. The molecule has 0 bridgehead atoms. The average molecular weight is 294 g/mol. The van der Waals surface area contributed by atoms with Gasteiger partial charge in [-0.05, 0) is 51.4 Å². The molecule has 19 heavy (non-hydrogen) atoms. The molecule has 1 unspecified atom stereocenters. The fourth-order valence-corrected chi connectivity index (χ4v) is 4.01. The summed E-state index contributed by atoms with van der Waals surface area (Å²) >= 11 is 0. The van der Waals surface area contributed by atoms with Gasteiger partial charge in [0.05, 0.1) is 11.7 Å². The molecule has 114 valence electrons. The maximum atomic E-state index is 14.0. The molecule has 0 amide bonds. The van der Waals surface area contributed by atoms with Crippen LogP contribution in [0.1, 0.15) is 60.8 Å². The first kappa shape index (κ1) is 17.1. The van der Waals surface area contributed by atoms with Crippen molar-refractivity contribution in [1.29, 1.82) is 0 Å². The Hall–Kier alpha value is 0.0800. The summed E-state index contributed by atoms with van der Waals surface area (Å²) in [6.45, 7) is 11.3. The molecule has 1 rings (SSSR count). The van der Waals surface area contributed by atoms with E-state index >= 15 is 0 Å². The Kier molecular flexibility index (Phi) is 5.62. The predicted octanol–water partition coefficient (Wildman–Crippen LogP) is 5.36. The molecule has 0 spiro atoms. The zero-order chi connectivity index (χ0) is 14.8. The van der Waals surface area contributed by atoms with Gasteiger partial charge in [-0.1, -0.05) is 27.2 Å². The van der Waals surface area contributed by atoms with Crippen molar-refractivity contribution in [2.45, 2.75) is 72.5 Å². The van der Waals surface area contributed by atoms with Gasteiger partial charge in [-0.2, -0.15) is 0 Å².